The normalized spacial score (nSPS) is 17.1. The molecule has 0 aliphatic carbocycles. The van der Waals surface area contributed by atoms with Crippen LogP contribution in [0.25, 0.3) is 16.8 Å². The molecule has 3 aromatic rings. The Labute approximate surface area is 148 Å². The van der Waals surface area contributed by atoms with Crippen LogP contribution in [0, 0.1) is 0 Å². The van der Waals surface area contributed by atoms with Gasteiger partial charge in [0.25, 0.3) is 0 Å². The Morgan fingerprint density at radius 2 is 2.16 bits per heavy atom. The molecule has 0 bridgehead atoms. The SMILES string of the molecule is CCC.Nc1cc(C2CCCNC2)nc2c(-c3cccnc3)cnn12. The number of aromatic nitrogens is 4. The number of piperidine rings is 1. The molecule has 3 aromatic heterocycles. The fraction of sp³-hybridized carbons (Fsp3) is 0.421. The molecular weight excluding hydrogens is 312 g/mol. The molecule has 1 saturated heterocycles. The molecule has 0 radical (unpaired) electrons. The highest BCUT2D eigenvalue weighted by molar-refractivity contribution is 5.77. The summed E-state index contributed by atoms with van der Waals surface area (Å²) in [6.07, 6.45) is 8.95. The zero-order chi connectivity index (χ0) is 17.6. The Bertz CT molecular complexity index is 805. The topological polar surface area (TPSA) is 81.1 Å². The number of anilines is 1. The van der Waals surface area contributed by atoms with Crippen molar-refractivity contribution in [3.63, 3.8) is 0 Å². The summed E-state index contributed by atoms with van der Waals surface area (Å²) in [5.74, 6) is 1.04. The van der Waals surface area contributed by atoms with Gasteiger partial charge in [-0.2, -0.15) is 9.61 Å². The van der Waals surface area contributed by atoms with Crippen LogP contribution in [-0.2, 0) is 0 Å². The van der Waals surface area contributed by atoms with Crippen LogP contribution in [0.4, 0.5) is 5.82 Å². The fourth-order valence-electron chi connectivity index (χ4n) is 3.04. The molecule has 25 heavy (non-hydrogen) atoms. The molecular formula is C19H26N6. The molecule has 1 atom stereocenters. The first-order valence-electron chi connectivity index (χ1n) is 8.99. The molecule has 0 saturated carbocycles. The van der Waals surface area contributed by atoms with Crippen molar-refractivity contribution in [2.75, 3.05) is 18.8 Å². The third kappa shape index (κ3) is 3.79. The Morgan fingerprint density at radius 1 is 1.32 bits per heavy atom. The second-order valence-corrected chi connectivity index (χ2v) is 6.39. The van der Waals surface area contributed by atoms with Crippen LogP contribution in [0.5, 0.6) is 0 Å². The van der Waals surface area contributed by atoms with E-state index in [4.69, 9.17) is 10.7 Å². The third-order valence-electron chi connectivity index (χ3n) is 4.21. The Hall–Kier alpha value is -2.47. The van der Waals surface area contributed by atoms with Gasteiger partial charge in [0.15, 0.2) is 5.65 Å². The summed E-state index contributed by atoms with van der Waals surface area (Å²) in [5.41, 5.74) is 9.99. The summed E-state index contributed by atoms with van der Waals surface area (Å²) in [5, 5.41) is 7.79. The van der Waals surface area contributed by atoms with Gasteiger partial charge in [0.2, 0.25) is 0 Å². The maximum atomic E-state index is 6.18. The van der Waals surface area contributed by atoms with Crippen LogP contribution in [0.15, 0.2) is 36.8 Å². The number of hydrogen-bond acceptors (Lipinski definition) is 5. The largest absolute Gasteiger partial charge is 0.384 e. The lowest BCUT2D eigenvalue weighted by Gasteiger charge is -2.22. The molecule has 1 aliphatic rings. The first-order valence-corrected chi connectivity index (χ1v) is 8.99. The predicted octanol–water partition coefficient (Wildman–Crippen LogP) is 3.26. The number of nitrogen functional groups attached to an aromatic ring is 1. The summed E-state index contributed by atoms with van der Waals surface area (Å²) in [6.45, 7) is 6.29. The molecule has 132 valence electrons. The van der Waals surface area contributed by atoms with Crippen molar-refractivity contribution in [3.8, 4) is 11.1 Å². The number of nitrogens with two attached hydrogens (primary N) is 1. The lowest BCUT2D eigenvalue weighted by atomic mass is 9.96. The van der Waals surface area contributed by atoms with E-state index in [-0.39, 0.29) is 0 Å². The zero-order valence-corrected chi connectivity index (χ0v) is 14.9. The maximum absolute atomic E-state index is 6.18. The van der Waals surface area contributed by atoms with Crippen molar-refractivity contribution in [2.24, 2.45) is 0 Å². The van der Waals surface area contributed by atoms with Crippen LogP contribution >= 0.6 is 0 Å². The molecule has 1 fully saturated rings. The van der Waals surface area contributed by atoms with E-state index in [1.807, 2.05) is 24.4 Å². The predicted molar refractivity (Wildman–Crippen MR) is 101 cm³/mol. The fourth-order valence-corrected chi connectivity index (χ4v) is 3.04. The van der Waals surface area contributed by atoms with Gasteiger partial charge >= 0.3 is 0 Å². The summed E-state index contributed by atoms with van der Waals surface area (Å²) >= 11 is 0. The second kappa shape index (κ2) is 8.07. The molecule has 1 unspecified atom stereocenters. The minimum absolute atomic E-state index is 0.415. The molecule has 4 rings (SSSR count). The van der Waals surface area contributed by atoms with Crippen LogP contribution in [-0.4, -0.2) is 32.7 Å². The lowest BCUT2D eigenvalue weighted by Crippen LogP contribution is -2.29. The second-order valence-electron chi connectivity index (χ2n) is 6.39. The maximum Gasteiger partial charge on any atom is 0.165 e. The van der Waals surface area contributed by atoms with Crippen LogP contribution in [0.3, 0.4) is 0 Å². The van der Waals surface area contributed by atoms with E-state index in [0.29, 0.717) is 11.7 Å². The van der Waals surface area contributed by atoms with E-state index in [0.717, 1.165) is 42.0 Å². The highest BCUT2D eigenvalue weighted by atomic mass is 15.3. The summed E-state index contributed by atoms with van der Waals surface area (Å²) in [6, 6.07) is 5.87. The minimum Gasteiger partial charge on any atom is -0.384 e. The van der Waals surface area contributed by atoms with Gasteiger partial charge in [-0.05, 0) is 25.5 Å². The molecule has 3 N–H and O–H groups in total. The first-order chi connectivity index (χ1) is 12.2. The number of fused-ring (bicyclic) bond motifs is 1. The van der Waals surface area contributed by atoms with Crippen molar-refractivity contribution in [1.29, 1.82) is 0 Å². The van der Waals surface area contributed by atoms with Crippen LogP contribution in [0.1, 0.15) is 44.7 Å². The minimum atomic E-state index is 0.415. The van der Waals surface area contributed by atoms with Gasteiger partial charge in [0, 0.05) is 42.0 Å². The molecule has 1 aliphatic heterocycles. The van der Waals surface area contributed by atoms with Crippen molar-refractivity contribution in [1.82, 2.24) is 24.9 Å². The highest BCUT2D eigenvalue weighted by Gasteiger charge is 2.19. The number of hydrogen-bond donors (Lipinski definition) is 2. The smallest absolute Gasteiger partial charge is 0.165 e. The van der Waals surface area contributed by atoms with Gasteiger partial charge in [-0.3, -0.25) is 4.98 Å². The standard InChI is InChI=1S/C16H18N6.C3H8/c17-15-7-14(12-4-2-6-19-9-12)21-16-13(10-20-22(15)16)11-3-1-5-18-8-11;1-3-2/h1,3,5,7-8,10,12,19H,2,4,6,9,17H2;3H2,1-2H3. The van der Waals surface area contributed by atoms with Crippen molar-refractivity contribution in [2.45, 2.75) is 39.0 Å². The molecule has 0 spiro atoms. The van der Waals surface area contributed by atoms with Crippen molar-refractivity contribution in [3.05, 3.63) is 42.5 Å². The van der Waals surface area contributed by atoms with Crippen molar-refractivity contribution >= 4 is 11.5 Å². The van der Waals surface area contributed by atoms with E-state index in [1.165, 1.54) is 12.8 Å². The first kappa shape index (κ1) is 17.4. The van der Waals surface area contributed by atoms with Gasteiger partial charge in [-0.15, -0.1) is 0 Å². The Kier molecular flexibility index (Phi) is 5.60. The van der Waals surface area contributed by atoms with E-state index in [2.05, 4.69) is 29.2 Å². The Morgan fingerprint density at radius 3 is 2.84 bits per heavy atom. The lowest BCUT2D eigenvalue weighted by molar-refractivity contribution is 0.455. The van der Waals surface area contributed by atoms with Gasteiger partial charge in [-0.25, -0.2) is 4.98 Å². The summed E-state index contributed by atoms with van der Waals surface area (Å²) in [7, 11) is 0. The summed E-state index contributed by atoms with van der Waals surface area (Å²) in [4.78, 5) is 9.02. The monoisotopic (exact) mass is 338 g/mol. The quantitative estimate of drug-likeness (QED) is 0.749. The number of rotatable bonds is 2. The molecule has 6 nitrogen and oxygen atoms in total. The average molecular weight is 338 g/mol. The number of pyridine rings is 1. The molecule has 6 heteroatoms. The van der Waals surface area contributed by atoms with E-state index in [1.54, 1.807) is 16.9 Å². The van der Waals surface area contributed by atoms with E-state index in [9.17, 15) is 0 Å². The van der Waals surface area contributed by atoms with E-state index < -0.39 is 0 Å². The molecule has 0 amide bonds. The molecule has 4 heterocycles. The van der Waals surface area contributed by atoms with Gasteiger partial charge < -0.3 is 11.1 Å². The van der Waals surface area contributed by atoms with Crippen LogP contribution < -0.4 is 11.1 Å². The third-order valence-corrected chi connectivity index (χ3v) is 4.21. The van der Waals surface area contributed by atoms with Gasteiger partial charge in [0.05, 0.1) is 11.9 Å². The van der Waals surface area contributed by atoms with Gasteiger partial charge in [0.1, 0.15) is 5.82 Å². The highest BCUT2D eigenvalue weighted by Crippen LogP contribution is 2.28. The Balaban J connectivity index is 0.000000569. The molecule has 0 aromatic carbocycles. The zero-order valence-electron chi connectivity index (χ0n) is 14.9. The van der Waals surface area contributed by atoms with Crippen molar-refractivity contribution < 1.29 is 0 Å². The van der Waals surface area contributed by atoms with Crippen LogP contribution in [0.2, 0.25) is 0 Å². The number of nitrogens with zero attached hydrogens (tertiary/aromatic N) is 4. The average Bonchev–Trinajstić information content (AvgIpc) is 3.08. The summed E-state index contributed by atoms with van der Waals surface area (Å²) < 4.78 is 1.70. The van der Waals surface area contributed by atoms with E-state index >= 15 is 0 Å². The van der Waals surface area contributed by atoms with Gasteiger partial charge in [-0.1, -0.05) is 26.3 Å². The number of nitrogens with one attached hydrogen (secondary N) is 1.